The molecule has 8 heteroatoms. The van der Waals surface area contributed by atoms with Crippen LogP contribution < -0.4 is 14.8 Å². The average Bonchev–Trinajstić information content (AvgIpc) is 3.51. The number of H-pyrrole nitrogens is 1. The maximum absolute atomic E-state index is 13.2. The lowest BCUT2D eigenvalue weighted by Crippen LogP contribution is -2.35. The van der Waals surface area contributed by atoms with Crippen LogP contribution in [0.15, 0.2) is 77.7 Å². The molecule has 1 amide bonds. The number of amides is 1. The predicted octanol–water partition coefficient (Wildman–Crippen LogP) is 6.96. The minimum absolute atomic E-state index is 0.0728. The van der Waals surface area contributed by atoms with Crippen molar-refractivity contribution in [3.63, 3.8) is 0 Å². The van der Waals surface area contributed by atoms with Crippen LogP contribution in [0, 0.1) is 0 Å². The number of aromatic amines is 1. The Bertz CT molecular complexity index is 1550. The van der Waals surface area contributed by atoms with Crippen LogP contribution in [-0.4, -0.2) is 25.5 Å². The van der Waals surface area contributed by atoms with Crippen LogP contribution in [-0.2, 0) is 15.4 Å². The number of carbonyl (C=O) groups is 1. The molecule has 1 fully saturated rings. The molecule has 198 valence electrons. The summed E-state index contributed by atoms with van der Waals surface area (Å²) in [5, 5.41) is 3.69. The summed E-state index contributed by atoms with van der Waals surface area (Å²) in [6.07, 6.45) is 3.61. The van der Waals surface area contributed by atoms with Crippen molar-refractivity contribution in [1.82, 2.24) is 10.3 Å². The normalized spacial score (nSPS) is 14.5. The van der Waals surface area contributed by atoms with Crippen LogP contribution in [0.2, 0.25) is 0 Å². The van der Waals surface area contributed by atoms with E-state index < -0.39 is 16.1 Å². The lowest BCUT2D eigenvalue weighted by Gasteiger charge is -2.19. The van der Waals surface area contributed by atoms with Gasteiger partial charge in [0.1, 0.15) is 0 Å². The molecule has 5 rings (SSSR count). The fourth-order valence-electron chi connectivity index (χ4n) is 4.91. The lowest BCUT2D eigenvalue weighted by molar-refractivity contribution is 0.195. The van der Waals surface area contributed by atoms with E-state index in [0.29, 0.717) is 17.1 Å². The molecular weight excluding hydrogens is 498 g/mol. The molecule has 0 saturated heterocycles. The molecule has 0 bridgehead atoms. The Balaban J connectivity index is 1.47. The van der Waals surface area contributed by atoms with Crippen molar-refractivity contribution < 1.29 is 17.9 Å². The van der Waals surface area contributed by atoms with E-state index in [-0.39, 0.29) is 16.4 Å². The number of hydrogen-bond donors (Lipinski definition) is 3. The molecule has 1 aromatic heterocycles. The molecular formula is C30H33N3O4S. The van der Waals surface area contributed by atoms with Crippen LogP contribution >= 0.6 is 0 Å². The zero-order valence-electron chi connectivity index (χ0n) is 21.9. The van der Waals surface area contributed by atoms with Gasteiger partial charge in [-0.1, -0.05) is 76.1 Å². The van der Waals surface area contributed by atoms with Crippen molar-refractivity contribution in [2.24, 2.45) is 0 Å². The molecule has 1 heterocycles. The van der Waals surface area contributed by atoms with Crippen molar-refractivity contribution in [3.8, 4) is 17.0 Å². The Morgan fingerprint density at radius 1 is 0.947 bits per heavy atom. The quantitative estimate of drug-likeness (QED) is 0.250. The molecule has 4 aromatic rings. The Kier molecular flexibility index (Phi) is 6.92. The molecule has 0 radical (unpaired) electrons. The number of anilines is 1. The first-order chi connectivity index (χ1) is 18.1. The standard InChI is InChI=1S/C30H33N3O4S/c1-30(2,3)21-13-16-24(17-14-21)38(35,36)33-23-15-18-26-25(19-23)27(20-9-5-4-6-10-20)28(32-26)37-29(34)31-22-11-7-8-12-22/h4-6,9-10,13-19,22,32-33H,7-8,11-12H2,1-3H3,(H,31,34). The minimum atomic E-state index is -3.80. The SMILES string of the molecule is CC(C)(C)c1ccc(S(=O)(=O)Nc2ccc3[nH]c(OC(=O)NC4CCCC4)c(-c4ccccc4)c3c2)cc1. The molecule has 38 heavy (non-hydrogen) atoms. The van der Waals surface area contributed by atoms with Crippen LogP contribution in [0.4, 0.5) is 10.5 Å². The second kappa shape index (κ2) is 10.2. The number of aromatic nitrogens is 1. The van der Waals surface area contributed by atoms with Crippen LogP contribution in [0.1, 0.15) is 52.0 Å². The number of rotatable bonds is 6. The Morgan fingerprint density at radius 3 is 2.29 bits per heavy atom. The van der Waals surface area contributed by atoms with E-state index >= 15 is 0 Å². The van der Waals surface area contributed by atoms with Gasteiger partial charge in [-0.25, -0.2) is 13.2 Å². The van der Waals surface area contributed by atoms with Gasteiger partial charge in [0.2, 0.25) is 5.88 Å². The molecule has 3 aromatic carbocycles. The third-order valence-electron chi connectivity index (χ3n) is 6.98. The summed E-state index contributed by atoms with van der Waals surface area (Å²) in [5.41, 5.74) is 3.66. The topological polar surface area (TPSA) is 100 Å². The van der Waals surface area contributed by atoms with Crippen molar-refractivity contribution in [1.29, 1.82) is 0 Å². The van der Waals surface area contributed by atoms with Gasteiger partial charge in [-0.15, -0.1) is 0 Å². The second-order valence-electron chi connectivity index (χ2n) is 10.9. The zero-order valence-corrected chi connectivity index (χ0v) is 22.7. The summed E-state index contributed by atoms with van der Waals surface area (Å²) in [6.45, 7) is 6.25. The van der Waals surface area contributed by atoms with Crippen molar-refractivity contribution >= 4 is 32.7 Å². The van der Waals surface area contributed by atoms with E-state index in [1.807, 2.05) is 42.5 Å². The first kappa shape index (κ1) is 25.9. The summed E-state index contributed by atoms with van der Waals surface area (Å²) in [4.78, 5) is 16.1. The first-order valence-electron chi connectivity index (χ1n) is 12.9. The molecule has 0 atom stereocenters. The lowest BCUT2D eigenvalue weighted by atomic mass is 9.87. The van der Waals surface area contributed by atoms with Gasteiger partial charge < -0.3 is 15.0 Å². The van der Waals surface area contributed by atoms with Crippen molar-refractivity contribution in [2.45, 2.75) is 62.8 Å². The molecule has 1 aliphatic rings. The van der Waals surface area contributed by atoms with Crippen LogP contribution in [0.25, 0.3) is 22.0 Å². The maximum Gasteiger partial charge on any atom is 0.414 e. The molecule has 0 aliphatic heterocycles. The summed E-state index contributed by atoms with van der Waals surface area (Å²) in [5.74, 6) is 0.319. The van der Waals surface area contributed by atoms with E-state index in [1.54, 1.807) is 30.3 Å². The maximum atomic E-state index is 13.2. The Hall–Kier alpha value is -3.78. The van der Waals surface area contributed by atoms with Gasteiger partial charge in [0, 0.05) is 22.6 Å². The molecule has 1 saturated carbocycles. The molecule has 1 aliphatic carbocycles. The van der Waals surface area contributed by atoms with Gasteiger partial charge in [-0.2, -0.15) is 0 Å². The molecule has 3 N–H and O–H groups in total. The van der Waals surface area contributed by atoms with E-state index in [9.17, 15) is 13.2 Å². The highest BCUT2D eigenvalue weighted by Gasteiger charge is 2.23. The molecule has 0 spiro atoms. The number of fused-ring (bicyclic) bond motifs is 1. The van der Waals surface area contributed by atoms with Crippen molar-refractivity contribution in [3.05, 3.63) is 78.4 Å². The number of ether oxygens (including phenoxy) is 1. The third kappa shape index (κ3) is 5.55. The van der Waals surface area contributed by atoms with Gasteiger partial charge in [0.05, 0.1) is 10.5 Å². The molecule has 7 nitrogen and oxygen atoms in total. The highest BCUT2D eigenvalue weighted by molar-refractivity contribution is 7.92. The van der Waals surface area contributed by atoms with Gasteiger partial charge in [-0.3, -0.25) is 4.72 Å². The van der Waals surface area contributed by atoms with Gasteiger partial charge >= 0.3 is 6.09 Å². The van der Waals surface area contributed by atoms with E-state index in [2.05, 4.69) is 35.8 Å². The number of benzene rings is 3. The smallest absolute Gasteiger partial charge is 0.393 e. The predicted molar refractivity (Wildman–Crippen MR) is 151 cm³/mol. The largest absolute Gasteiger partial charge is 0.414 e. The minimum Gasteiger partial charge on any atom is -0.393 e. The molecule has 0 unspecified atom stereocenters. The highest BCUT2D eigenvalue weighted by Crippen LogP contribution is 2.39. The fourth-order valence-corrected chi connectivity index (χ4v) is 5.96. The Morgan fingerprint density at radius 2 is 1.63 bits per heavy atom. The Labute approximate surface area is 223 Å². The average molecular weight is 532 g/mol. The number of hydrogen-bond acceptors (Lipinski definition) is 4. The van der Waals surface area contributed by atoms with E-state index in [1.165, 1.54) is 0 Å². The highest BCUT2D eigenvalue weighted by atomic mass is 32.2. The van der Waals surface area contributed by atoms with Gasteiger partial charge in [0.25, 0.3) is 10.0 Å². The van der Waals surface area contributed by atoms with Crippen LogP contribution in [0.3, 0.4) is 0 Å². The number of carbonyl (C=O) groups excluding carboxylic acids is 1. The number of sulfonamides is 1. The summed E-state index contributed by atoms with van der Waals surface area (Å²) in [7, 11) is -3.80. The second-order valence-corrected chi connectivity index (χ2v) is 12.5. The fraction of sp³-hybridized carbons (Fsp3) is 0.300. The first-order valence-corrected chi connectivity index (χ1v) is 14.4. The monoisotopic (exact) mass is 531 g/mol. The van der Waals surface area contributed by atoms with E-state index in [0.717, 1.165) is 47.7 Å². The van der Waals surface area contributed by atoms with Crippen LogP contribution in [0.5, 0.6) is 5.88 Å². The zero-order chi connectivity index (χ0) is 26.9. The van der Waals surface area contributed by atoms with Crippen molar-refractivity contribution in [2.75, 3.05) is 4.72 Å². The van der Waals surface area contributed by atoms with Gasteiger partial charge in [0.15, 0.2) is 0 Å². The van der Waals surface area contributed by atoms with Gasteiger partial charge in [-0.05, 0) is 59.7 Å². The third-order valence-corrected chi connectivity index (χ3v) is 8.38. The summed E-state index contributed by atoms with van der Waals surface area (Å²) in [6, 6.07) is 21.9. The van der Waals surface area contributed by atoms with E-state index in [4.69, 9.17) is 4.74 Å². The summed E-state index contributed by atoms with van der Waals surface area (Å²) < 4.78 is 34.8. The number of nitrogens with one attached hydrogen (secondary N) is 3. The summed E-state index contributed by atoms with van der Waals surface area (Å²) >= 11 is 0.